The summed E-state index contributed by atoms with van der Waals surface area (Å²) in [6.07, 6.45) is -0.287. The monoisotopic (exact) mass is 422 g/mol. The number of ether oxygens (including phenoxy) is 3. The van der Waals surface area contributed by atoms with Crippen LogP contribution >= 0.6 is 0 Å². The van der Waals surface area contributed by atoms with Gasteiger partial charge in [-0.05, 0) is 39.2 Å². The van der Waals surface area contributed by atoms with Crippen molar-refractivity contribution in [3.05, 3.63) is 35.9 Å². The fourth-order valence-corrected chi connectivity index (χ4v) is 2.87. The number of hydrogen-bond donors (Lipinski definition) is 2. The van der Waals surface area contributed by atoms with E-state index in [4.69, 9.17) is 14.2 Å². The minimum absolute atomic E-state index is 0.183. The number of likely N-dealkylation sites (tertiary alicyclic amines) is 1. The minimum atomic E-state index is -1.21. The largest absolute Gasteiger partial charge is 0.480 e. The molecule has 1 saturated heterocycles. The summed E-state index contributed by atoms with van der Waals surface area (Å²) < 4.78 is 16.1. The van der Waals surface area contributed by atoms with Crippen LogP contribution in [-0.4, -0.2) is 65.6 Å². The Morgan fingerprint density at radius 3 is 2.37 bits per heavy atom. The van der Waals surface area contributed by atoms with Crippen molar-refractivity contribution in [3.8, 4) is 0 Å². The molecule has 0 saturated carbocycles. The van der Waals surface area contributed by atoms with Crippen molar-refractivity contribution in [2.24, 2.45) is 0 Å². The number of carboxylic acids is 1. The molecule has 1 fully saturated rings. The van der Waals surface area contributed by atoms with E-state index in [-0.39, 0.29) is 25.4 Å². The second-order valence-electron chi connectivity index (χ2n) is 8.10. The Labute approximate surface area is 176 Å². The molecule has 2 rings (SSSR count). The average Bonchev–Trinajstić information content (AvgIpc) is 2.69. The lowest BCUT2D eigenvalue weighted by Crippen LogP contribution is -2.47. The van der Waals surface area contributed by atoms with E-state index >= 15 is 0 Å². The van der Waals surface area contributed by atoms with Gasteiger partial charge in [-0.25, -0.2) is 14.4 Å². The van der Waals surface area contributed by atoms with Gasteiger partial charge in [0.25, 0.3) is 0 Å². The first-order chi connectivity index (χ1) is 14.1. The van der Waals surface area contributed by atoms with Crippen LogP contribution in [0.5, 0.6) is 0 Å². The number of carbonyl (C=O) groups is 3. The Kier molecular flexibility index (Phi) is 8.46. The fraction of sp³-hybridized carbons (Fsp3) is 0.571. The predicted octanol–water partition coefficient (Wildman–Crippen LogP) is 2.78. The Morgan fingerprint density at radius 1 is 1.17 bits per heavy atom. The first-order valence-electron chi connectivity index (χ1n) is 9.93. The van der Waals surface area contributed by atoms with Crippen LogP contribution < -0.4 is 5.32 Å². The summed E-state index contributed by atoms with van der Waals surface area (Å²) in [5.41, 5.74) is 0.192. The average molecular weight is 422 g/mol. The Bertz CT molecular complexity index is 710. The summed E-state index contributed by atoms with van der Waals surface area (Å²) in [4.78, 5) is 37.0. The molecule has 2 amide bonds. The maximum absolute atomic E-state index is 12.2. The third-order valence-corrected chi connectivity index (χ3v) is 4.39. The van der Waals surface area contributed by atoms with Crippen molar-refractivity contribution in [2.45, 2.75) is 58.0 Å². The molecule has 1 aliphatic rings. The molecule has 1 heterocycles. The van der Waals surface area contributed by atoms with Gasteiger partial charge in [0.15, 0.2) is 6.04 Å². The van der Waals surface area contributed by atoms with Crippen molar-refractivity contribution in [1.82, 2.24) is 10.2 Å². The topological polar surface area (TPSA) is 114 Å². The molecule has 1 unspecified atom stereocenters. The maximum Gasteiger partial charge on any atom is 0.410 e. The van der Waals surface area contributed by atoms with Crippen LogP contribution in [0.2, 0.25) is 0 Å². The van der Waals surface area contributed by atoms with E-state index in [1.807, 2.05) is 30.3 Å². The van der Waals surface area contributed by atoms with Gasteiger partial charge in [-0.2, -0.15) is 0 Å². The number of carbonyl (C=O) groups excluding carboxylic acids is 2. The molecule has 0 aromatic heterocycles. The molecule has 2 N–H and O–H groups in total. The van der Waals surface area contributed by atoms with E-state index in [0.29, 0.717) is 25.9 Å². The molecular weight excluding hydrogens is 392 g/mol. The number of piperidine rings is 1. The first kappa shape index (κ1) is 23.5. The normalized spacial score (nSPS) is 15.9. The zero-order valence-electron chi connectivity index (χ0n) is 17.6. The Hall–Kier alpha value is -2.81. The number of amides is 2. The Balaban J connectivity index is 1.71. The molecule has 0 aliphatic carbocycles. The number of hydrogen-bond acceptors (Lipinski definition) is 6. The van der Waals surface area contributed by atoms with Crippen LogP contribution in [0.15, 0.2) is 30.3 Å². The third kappa shape index (κ3) is 8.28. The number of carboxylic acid groups (broad SMARTS) is 1. The zero-order valence-corrected chi connectivity index (χ0v) is 17.6. The van der Waals surface area contributed by atoms with Gasteiger partial charge in [0.05, 0.1) is 12.7 Å². The van der Waals surface area contributed by atoms with E-state index in [2.05, 4.69) is 5.32 Å². The molecule has 1 aliphatic heterocycles. The standard InChI is InChI=1S/C21H30N2O7/c1-21(2,3)30-19(26)22-17(18(24)25)14-28-16-9-11-23(12-10-16)20(27)29-13-15-7-5-4-6-8-15/h4-8,16-17H,9-14H2,1-3H3,(H,22,26)(H,24,25). The number of benzene rings is 1. The molecule has 30 heavy (non-hydrogen) atoms. The number of rotatable bonds is 7. The first-order valence-corrected chi connectivity index (χ1v) is 9.93. The van der Waals surface area contributed by atoms with Crippen LogP contribution in [0.4, 0.5) is 9.59 Å². The quantitative estimate of drug-likeness (QED) is 0.694. The predicted molar refractivity (Wildman–Crippen MR) is 108 cm³/mol. The molecule has 0 bridgehead atoms. The summed E-state index contributed by atoms with van der Waals surface area (Å²) in [5, 5.41) is 11.6. The number of aliphatic carboxylic acids is 1. The highest BCUT2D eigenvalue weighted by Gasteiger charge is 2.28. The van der Waals surface area contributed by atoms with E-state index in [9.17, 15) is 19.5 Å². The lowest BCUT2D eigenvalue weighted by Gasteiger charge is -2.31. The molecule has 0 radical (unpaired) electrons. The van der Waals surface area contributed by atoms with Crippen LogP contribution in [-0.2, 0) is 25.6 Å². The fourth-order valence-electron chi connectivity index (χ4n) is 2.87. The van der Waals surface area contributed by atoms with Gasteiger partial charge in [0.1, 0.15) is 12.2 Å². The van der Waals surface area contributed by atoms with Crippen LogP contribution in [0.25, 0.3) is 0 Å². The van der Waals surface area contributed by atoms with Gasteiger partial charge in [-0.3, -0.25) is 0 Å². The SMILES string of the molecule is CC(C)(C)OC(=O)NC(COC1CCN(C(=O)OCc2ccccc2)CC1)C(=O)O. The zero-order chi connectivity index (χ0) is 22.1. The lowest BCUT2D eigenvalue weighted by atomic mass is 10.1. The van der Waals surface area contributed by atoms with Crippen LogP contribution in [0.1, 0.15) is 39.2 Å². The van der Waals surface area contributed by atoms with E-state index < -0.39 is 23.7 Å². The van der Waals surface area contributed by atoms with Crippen LogP contribution in [0.3, 0.4) is 0 Å². The molecule has 9 nitrogen and oxygen atoms in total. The summed E-state index contributed by atoms with van der Waals surface area (Å²) in [6.45, 7) is 6.02. The molecule has 9 heteroatoms. The number of nitrogens with one attached hydrogen (secondary N) is 1. The van der Waals surface area contributed by atoms with Gasteiger partial charge < -0.3 is 29.5 Å². The summed E-state index contributed by atoms with van der Waals surface area (Å²) in [7, 11) is 0. The molecule has 1 aromatic rings. The number of alkyl carbamates (subject to hydrolysis) is 1. The molecule has 166 valence electrons. The summed E-state index contributed by atoms with van der Waals surface area (Å²) in [5.74, 6) is -1.21. The van der Waals surface area contributed by atoms with Crippen molar-refractivity contribution in [3.63, 3.8) is 0 Å². The molecule has 1 atom stereocenters. The second-order valence-corrected chi connectivity index (χ2v) is 8.10. The highest BCUT2D eigenvalue weighted by atomic mass is 16.6. The van der Waals surface area contributed by atoms with Gasteiger partial charge in [-0.15, -0.1) is 0 Å². The van der Waals surface area contributed by atoms with Crippen molar-refractivity contribution in [2.75, 3.05) is 19.7 Å². The molecule has 0 spiro atoms. The van der Waals surface area contributed by atoms with Crippen molar-refractivity contribution < 1.29 is 33.7 Å². The van der Waals surface area contributed by atoms with Crippen molar-refractivity contribution >= 4 is 18.2 Å². The number of nitrogens with zero attached hydrogens (tertiary/aromatic N) is 1. The molecular formula is C21H30N2O7. The maximum atomic E-state index is 12.2. The van der Waals surface area contributed by atoms with Crippen molar-refractivity contribution in [1.29, 1.82) is 0 Å². The smallest absolute Gasteiger partial charge is 0.410 e. The van der Waals surface area contributed by atoms with Gasteiger partial charge in [-0.1, -0.05) is 30.3 Å². The highest BCUT2D eigenvalue weighted by Crippen LogP contribution is 2.16. The van der Waals surface area contributed by atoms with E-state index in [0.717, 1.165) is 5.56 Å². The summed E-state index contributed by atoms with van der Waals surface area (Å²) >= 11 is 0. The second kappa shape index (κ2) is 10.8. The lowest BCUT2D eigenvalue weighted by molar-refractivity contribution is -0.142. The minimum Gasteiger partial charge on any atom is -0.480 e. The molecule has 1 aromatic carbocycles. The summed E-state index contributed by atoms with van der Waals surface area (Å²) in [6, 6.07) is 8.22. The van der Waals surface area contributed by atoms with Gasteiger partial charge >= 0.3 is 18.2 Å². The van der Waals surface area contributed by atoms with Gasteiger partial charge in [0.2, 0.25) is 0 Å². The van der Waals surface area contributed by atoms with Gasteiger partial charge in [0, 0.05) is 13.1 Å². The Morgan fingerprint density at radius 2 is 1.80 bits per heavy atom. The highest BCUT2D eigenvalue weighted by molar-refractivity contribution is 5.80. The van der Waals surface area contributed by atoms with E-state index in [1.54, 1.807) is 25.7 Å². The van der Waals surface area contributed by atoms with E-state index in [1.165, 1.54) is 0 Å². The third-order valence-electron chi connectivity index (χ3n) is 4.39. The van der Waals surface area contributed by atoms with Crippen LogP contribution in [0, 0.1) is 0 Å².